The smallest absolute Gasteiger partial charge is 0.374 e. The van der Waals surface area contributed by atoms with Crippen LogP contribution in [0.15, 0.2) is 59.0 Å². The van der Waals surface area contributed by atoms with E-state index in [9.17, 15) is 19.7 Å². The molecule has 1 heterocycles. The number of furan rings is 1. The zero-order valence-electron chi connectivity index (χ0n) is 16.2. The minimum Gasteiger partial charge on any atom is -0.495 e. The standard InChI is InChI=1S/C21H18N2O7/c1-13-3-8-18(28-2)16(11-13)22-20(24)12-29-21(25)19-10-9-17(30-19)14-4-6-15(7-5-14)23(26)27/h3-11H,12H2,1-2H3,(H,22,24). The second-order valence-corrected chi connectivity index (χ2v) is 6.30. The van der Waals surface area contributed by atoms with E-state index in [4.69, 9.17) is 13.9 Å². The molecule has 0 saturated carbocycles. The van der Waals surface area contributed by atoms with Gasteiger partial charge in [-0.05, 0) is 48.9 Å². The average Bonchev–Trinajstić information content (AvgIpc) is 3.22. The molecule has 0 aliphatic carbocycles. The molecule has 0 aliphatic rings. The van der Waals surface area contributed by atoms with Crippen LogP contribution in [-0.4, -0.2) is 30.5 Å². The Balaban J connectivity index is 1.60. The molecule has 0 saturated heterocycles. The number of amides is 1. The van der Waals surface area contributed by atoms with E-state index in [1.54, 1.807) is 12.1 Å². The number of nitrogens with one attached hydrogen (secondary N) is 1. The van der Waals surface area contributed by atoms with Gasteiger partial charge in [0.2, 0.25) is 5.76 Å². The van der Waals surface area contributed by atoms with Crippen molar-refractivity contribution in [1.29, 1.82) is 0 Å². The van der Waals surface area contributed by atoms with Crippen LogP contribution >= 0.6 is 0 Å². The van der Waals surface area contributed by atoms with Gasteiger partial charge in [-0.15, -0.1) is 0 Å². The van der Waals surface area contributed by atoms with Gasteiger partial charge in [-0.1, -0.05) is 6.07 Å². The first-order chi connectivity index (χ1) is 14.4. The number of hydrogen-bond acceptors (Lipinski definition) is 7. The number of nitrogens with zero attached hydrogens (tertiary/aromatic N) is 1. The quantitative estimate of drug-likeness (QED) is 0.355. The molecular formula is C21H18N2O7. The maximum absolute atomic E-state index is 12.2. The zero-order chi connectivity index (χ0) is 21.7. The van der Waals surface area contributed by atoms with Gasteiger partial charge < -0.3 is 19.2 Å². The van der Waals surface area contributed by atoms with E-state index >= 15 is 0 Å². The van der Waals surface area contributed by atoms with Crippen LogP contribution in [0.25, 0.3) is 11.3 Å². The first-order valence-electron chi connectivity index (χ1n) is 8.83. The van der Waals surface area contributed by atoms with Crippen molar-refractivity contribution in [1.82, 2.24) is 0 Å². The molecule has 1 aromatic heterocycles. The monoisotopic (exact) mass is 410 g/mol. The van der Waals surface area contributed by atoms with Crippen molar-refractivity contribution in [3.05, 3.63) is 76.0 Å². The summed E-state index contributed by atoms with van der Waals surface area (Å²) in [4.78, 5) is 34.5. The van der Waals surface area contributed by atoms with Gasteiger partial charge in [-0.2, -0.15) is 0 Å². The van der Waals surface area contributed by atoms with Crippen LogP contribution in [0.5, 0.6) is 5.75 Å². The molecule has 0 radical (unpaired) electrons. The van der Waals surface area contributed by atoms with Gasteiger partial charge in [-0.25, -0.2) is 4.79 Å². The second kappa shape index (κ2) is 8.91. The van der Waals surface area contributed by atoms with Crippen molar-refractivity contribution in [2.45, 2.75) is 6.92 Å². The molecular weight excluding hydrogens is 392 g/mol. The SMILES string of the molecule is COc1ccc(C)cc1NC(=O)COC(=O)c1ccc(-c2ccc([N+](=O)[O-])cc2)o1. The van der Waals surface area contributed by atoms with Gasteiger partial charge in [0.15, 0.2) is 6.61 Å². The number of aryl methyl sites for hydroxylation is 1. The Morgan fingerprint density at radius 3 is 2.50 bits per heavy atom. The number of methoxy groups -OCH3 is 1. The third-order valence-electron chi connectivity index (χ3n) is 4.13. The lowest BCUT2D eigenvalue weighted by atomic mass is 10.1. The first kappa shape index (κ1) is 20.6. The minimum atomic E-state index is -0.811. The molecule has 2 aromatic carbocycles. The molecule has 3 rings (SSSR count). The molecule has 3 aromatic rings. The fraction of sp³-hybridized carbons (Fsp3) is 0.143. The molecule has 0 fully saturated rings. The summed E-state index contributed by atoms with van der Waals surface area (Å²) in [6, 6.07) is 13.9. The van der Waals surface area contributed by atoms with Gasteiger partial charge in [-0.3, -0.25) is 14.9 Å². The van der Waals surface area contributed by atoms with Crippen molar-refractivity contribution in [2.75, 3.05) is 19.0 Å². The van der Waals surface area contributed by atoms with E-state index < -0.39 is 23.4 Å². The lowest BCUT2D eigenvalue weighted by Crippen LogP contribution is -2.21. The number of rotatable bonds is 7. The van der Waals surface area contributed by atoms with Gasteiger partial charge in [0, 0.05) is 17.7 Å². The Kier molecular flexibility index (Phi) is 6.11. The Hall–Kier alpha value is -4.14. The number of esters is 1. The average molecular weight is 410 g/mol. The van der Waals surface area contributed by atoms with E-state index in [1.807, 2.05) is 13.0 Å². The highest BCUT2D eigenvalue weighted by atomic mass is 16.6. The van der Waals surface area contributed by atoms with Crippen molar-refractivity contribution < 1.29 is 28.4 Å². The highest BCUT2D eigenvalue weighted by Gasteiger charge is 2.17. The first-order valence-corrected chi connectivity index (χ1v) is 8.83. The Morgan fingerprint density at radius 1 is 1.10 bits per heavy atom. The van der Waals surface area contributed by atoms with E-state index in [-0.39, 0.29) is 11.4 Å². The third kappa shape index (κ3) is 4.82. The van der Waals surface area contributed by atoms with E-state index in [2.05, 4.69) is 5.32 Å². The van der Waals surface area contributed by atoms with Gasteiger partial charge in [0.1, 0.15) is 11.5 Å². The summed E-state index contributed by atoms with van der Waals surface area (Å²) >= 11 is 0. The number of benzene rings is 2. The lowest BCUT2D eigenvalue weighted by Gasteiger charge is -2.11. The number of carbonyl (C=O) groups is 2. The molecule has 1 amide bonds. The van der Waals surface area contributed by atoms with Crippen LogP contribution in [0.2, 0.25) is 0 Å². The zero-order valence-corrected chi connectivity index (χ0v) is 16.2. The normalized spacial score (nSPS) is 10.3. The topological polar surface area (TPSA) is 121 Å². The van der Waals surface area contributed by atoms with Crippen LogP contribution in [0, 0.1) is 17.0 Å². The molecule has 9 heteroatoms. The highest BCUT2D eigenvalue weighted by Crippen LogP contribution is 2.26. The number of non-ortho nitro benzene ring substituents is 1. The number of nitro benzene ring substituents is 1. The van der Waals surface area contributed by atoms with Crippen LogP contribution in [0.4, 0.5) is 11.4 Å². The fourth-order valence-corrected chi connectivity index (χ4v) is 2.66. The molecule has 0 unspecified atom stereocenters. The maximum Gasteiger partial charge on any atom is 0.374 e. The predicted octanol–water partition coefficient (Wildman–Crippen LogP) is 3.97. The number of hydrogen-bond donors (Lipinski definition) is 1. The molecule has 0 spiro atoms. The van der Waals surface area contributed by atoms with E-state index in [1.165, 1.54) is 43.5 Å². The summed E-state index contributed by atoms with van der Waals surface area (Å²) < 4.78 is 15.6. The largest absolute Gasteiger partial charge is 0.495 e. The number of anilines is 1. The summed E-state index contributed by atoms with van der Waals surface area (Å²) in [5.41, 5.74) is 1.90. The number of ether oxygens (including phenoxy) is 2. The van der Waals surface area contributed by atoms with Crippen molar-refractivity contribution in [2.24, 2.45) is 0 Å². The summed E-state index contributed by atoms with van der Waals surface area (Å²) in [6.45, 7) is 1.36. The third-order valence-corrected chi connectivity index (χ3v) is 4.13. The summed E-state index contributed by atoms with van der Waals surface area (Å²) in [6.07, 6.45) is 0. The van der Waals surface area contributed by atoms with Crippen LogP contribution < -0.4 is 10.1 Å². The van der Waals surface area contributed by atoms with E-state index in [0.717, 1.165) is 5.56 Å². The number of carbonyl (C=O) groups excluding carboxylic acids is 2. The Bertz CT molecular complexity index is 1090. The molecule has 9 nitrogen and oxygen atoms in total. The summed E-state index contributed by atoms with van der Waals surface area (Å²) in [7, 11) is 1.49. The predicted molar refractivity (Wildman–Crippen MR) is 107 cm³/mol. The highest BCUT2D eigenvalue weighted by molar-refractivity contribution is 5.95. The number of nitro groups is 1. The van der Waals surface area contributed by atoms with Gasteiger partial charge in [0.05, 0.1) is 17.7 Å². The second-order valence-electron chi connectivity index (χ2n) is 6.30. The molecule has 0 aliphatic heterocycles. The Labute approximate surface area is 171 Å². The van der Waals surface area contributed by atoms with Gasteiger partial charge >= 0.3 is 5.97 Å². The Morgan fingerprint density at radius 2 is 1.83 bits per heavy atom. The minimum absolute atomic E-state index is 0.0545. The summed E-state index contributed by atoms with van der Waals surface area (Å²) in [5, 5.41) is 13.3. The molecule has 154 valence electrons. The van der Waals surface area contributed by atoms with Crippen molar-refractivity contribution in [3.8, 4) is 17.1 Å². The van der Waals surface area contributed by atoms with Crippen LogP contribution in [-0.2, 0) is 9.53 Å². The van der Waals surface area contributed by atoms with Gasteiger partial charge in [0.25, 0.3) is 11.6 Å². The van der Waals surface area contributed by atoms with Crippen molar-refractivity contribution in [3.63, 3.8) is 0 Å². The fourth-order valence-electron chi connectivity index (χ4n) is 2.66. The molecule has 0 bridgehead atoms. The molecule has 1 N–H and O–H groups in total. The summed E-state index contributed by atoms with van der Waals surface area (Å²) in [5.74, 6) is -0.613. The molecule has 0 atom stereocenters. The maximum atomic E-state index is 12.2. The molecule has 30 heavy (non-hydrogen) atoms. The van der Waals surface area contributed by atoms with Crippen molar-refractivity contribution >= 4 is 23.3 Å². The van der Waals surface area contributed by atoms with E-state index in [0.29, 0.717) is 22.8 Å². The van der Waals surface area contributed by atoms with Crippen LogP contribution in [0.3, 0.4) is 0 Å². The van der Waals surface area contributed by atoms with Crippen LogP contribution in [0.1, 0.15) is 16.1 Å². The lowest BCUT2D eigenvalue weighted by molar-refractivity contribution is -0.384.